The van der Waals surface area contributed by atoms with Crippen LogP contribution in [0.15, 0.2) is 114 Å². The molecule has 1 unspecified atom stereocenters. The quantitative estimate of drug-likeness (QED) is 0.0805. The van der Waals surface area contributed by atoms with E-state index in [1.165, 1.54) is 0 Å². The van der Waals surface area contributed by atoms with Crippen LogP contribution in [0.3, 0.4) is 0 Å². The van der Waals surface area contributed by atoms with Crippen LogP contribution in [-0.2, 0) is 19.3 Å². The molecule has 0 heterocycles. The van der Waals surface area contributed by atoms with Gasteiger partial charge in [0.05, 0.1) is 18.1 Å². The van der Waals surface area contributed by atoms with E-state index in [9.17, 15) is 8.42 Å². The average Bonchev–Trinajstić information content (AvgIpc) is 3.09. The normalized spacial score (nSPS) is 12.7. The summed E-state index contributed by atoms with van der Waals surface area (Å²) in [5.41, 5.74) is 3.96. The molecule has 4 aromatic rings. The van der Waals surface area contributed by atoms with Gasteiger partial charge >= 0.3 is 0 Å². The highest BCUT2D eigenvalue weighted by molar-refractivity contribution is 7.91. The Bertz CT molecular complexity index is 1660. The van der Waals surface area contributed by atoms with Gasteiger partial charge in [-0.05, 0) is 86.0 Å². The van der Waals surface area contributed by atoms with Gasteiger partial charge in [-0.25, -0.2) is 8.42 Å². The lowest BCUT2D eigenvalue weighted by Gasteiger charge is -2.24. The maximum atomic E-state index is 14.2. The Balaban J connectivity index is 1.59. The van der Waals surface area contributed by atoms with Gasteiger partial charge < -0.3 is 19.3 Å². The third-order valence-corrected chi connectivity index (χ3v) is 10.1. The number of anilines is 2. The first-order valence-corrected chi connectivity index (χ1v) is 17.9. The zero-order valence-corrected chi connectivity index (χ0v) is 28.5. The molecule has 0 aromatic heterocycles. The van der Waals surface area contributed by atoms with Crippen molar-refractivity contribution in [3.63, 3.8) is 0 Å². The van der Waals surface area contributed by atoms with Gasteiger partial charge in [0.2, 0.25) is 0 Å². The summed E-state index contributed by atoms with van der Waals surface area (Å²) in [6.45, 7) is 14.4. The number of benzene rings is 4. The Hall–Kier alpha value is -3.91. The van der Waals surface area contributed by atoms with Crippen LogP contribution in [0.4, 0.5) is 11.4 Å². The van der Waals surface area contributed by atoms with Gasteiger partial charge in [0.25, 0.3) is 0 Å². The van der Waals surface area contributed by atoms with Gasteiger partial charge in [0.15, 0.2) is 9.84 Å². The largest absolute Gasteiger partial charge is 0.380 e. The molecule has 1 atom stereocenters. The Kier molecular flexibility index (Phi) is 13.4. The zero-order chi connectivity index (χ0) is 32.8. The number of allylic oxidation sites excluding steroid dienone is 2. The van der Waals surface area contributed by atoms with Gasteiger partial charge in [0, 0.05) is 50.8 Å². The lowest BCUT2D eigenvalue weighted by atomic mass is 10.1. The van der Waals surface area contributed by atoms with Crippen LogP contribution in [0, 0.1) is 0 Å². The highest BCUT2D eigenvalue weighted by atomic mass is 32.2. The molecule has 0 aliphatic rings. The van der Waals surface area contributed by atoms with Crippen LogP contribution < -0.4 is 9.80 Å². The van der Waals surface area contributed by atoms with Crippen molar-refractivity contribution in [2.24, 2.45) is 0 Å². The van der Waals surface area contributed by atoms with E-state index in [0.29, 0.717) is 24.7 Å². The van der Waals surface area contributed by atoms with Crippen molar-refractivity contribution < 1.29 is 17.9 Å². The molecule has 0 spiro atoms. The molecule has 46 heavy (non-hydrogen) atoms. The molecule has 0 amide bonds. The minimum absolute atomic E-state index is 0.307. The molecule has 6 nitrogen and oxygen atoms in total. The lowest BCUT2D eigenvalue weighted by molar-refractivity contribution is 0.154. The van der Waals surface area contributed by atoms with Crippen molar-refractivity contribution in [3.05, 3.63) is 120 Å². The van der Waals surface area contributed by atoms with Gasteiger partial charge in [-0.3, -0.25) is 0 Å². The molecule has 0 fully saturated rings. The van der Waals surface area contributed by atoms with Crippen molar-refractivity contribution in [3.8, 4) is 0 Å². The summed E-state index contributed by atoms with van der Waals surface area (Å²) < 4.78 is 39.5. The summed E-state index contributed by atoms with van der Waals surface area (Å²) in [6, 6.07) is 29.4. The Morgan fingerprint density at radius 1 is 0.674 bits per heavy atom. The Morgan fingerprint density at radius 2 is 1.24 bits per heavy atom. The zero-order valence-electron chi connectivity index (χ0n) is 27.6. The summed E-state index contributed by atoms with van der Waals surface area (Å²) in [6.07, 6.45) is 7.53. The standard InChI is InChI=1S/C39H48N2O4S/c1-5-40(27-29-44-7-3)36-22-17-32(18-23-36)13-9-12-16-39(34-19-24-37(25-20-34)41(6-2)28-30-45-8-4)46(42,43)38-26-21-33-14-10-11-15-35(33)31-38/h9-26,31,39H,5-8,27-30H2,1-4H3. The number of sulfone groups is 1. The van der Waals surface area contributed by atoms with Crippen molar-refractivity contribution in [1.29, 1.82) is 0 Å². The van der Waals surface area contributed by atoms with E-state index in [-0.39, 0.29) is 0 Å². The van der Waals surface area contributed by atoms with Gasteiger partial charge in [-0.2, -0.15) is 0 Å². The summed E-state index contributed by atoms with van der Waals surface area (Å²) in [5, 5.41) is 1.06. The van der Waals surface area contributed by atoms with E-state index in [1.807, 2.05) is 86.7 Å². The molecule has 0 saturated carbocycles. The first-order chi connectivity index (χ1) is 22.4. The van der Waals surface area contributed by atoms with E-state index in [1.54, 1.807) is 18.2 Å². The maximum Gasteiger partial charge on any atom is 0.188 e. The monoisotopic (exact) mass is 640 g/mol. The van der Waals surface area contributed by atoms with Gasteiger partial charge in [-0.15, -0.1) is 0 Å². The molecule has 0 saturated heterocycles. The van der Waals surface area contributed by atoms with E-state index in [2.05, 4.69) is 47.9 Å². The third-order valence-electron chi connectivity index (χ3n) is 8.10. The third kappa shape index (κ3) is 9.32. The molecular weight excluding hydrogens is 593 g/mol. The van der Waals surface area contributed by atoms with Crippen LogP contribution in [-0.4, -0.2) is 61.0 Å². The van der Waals surface area contributed by atoms with Gasteiger partial charge in [0.1, 0.15) is 5.25 Å². The average molecular weight is 641 g/mol. The molecule has 7 heteroatoms. The second-order valence-electron chi connectivity index (χ2n) is 11.0. The predicted molar refractivity (Wildman–Crippen MR) is 194 cm³/mol. The van der Waals surface area contributed by atoms with Crippen molar-refractivity contribution >= 4 is 38.1 Å². The van der Waals surface area contributed by atoms with Gasteiger partial charge in [-0.1, -0.05) is 78.9 Å². The Morgan fingerprint density at radius 3 is 1.80 bits per heavy atom. The van der Waals surface area contributed by atoms with E-state index >= 15 is 0 Å². The van der Waals surface area contributed by atoms with E-state index in [4.69, 9.17) is 9.47 Å². The summed E-state index contributed by atoms with van der Waals surface area (Å²) in [4.78, 5) is 4.82. The topological polar surface area (TPSA) is 59.1 Å². The number of ether oxygens (including phenoxy) is 2. The van der Waals surface area contributed by atoms with Crippen molar-refractivity contribution in [1.82, 2.24) is 0 Å². The highest BCUT2D eigenvalue weighted by Gasteiger charge is 2.27. The first-order valence-electron chi connectivity index (χ1n) is 16.3. The minimum Gasteiger partial charge on any atom is -0.380 e. The number of fused-ring (bicyclic) bond motifs is 1. The van der Waals surface area contributed by atoms with Crippen molar-refractivity contribution in [2.45, 2.75) is 37.8 Å². The van der Waals surface area contributed by atoms with Crippen LogP contribution in [0.1, 0.15) is 44.1 Å². The van der Waals surface area contributed by atoms with Crippen LogP contribution in [0.5, 0.6) is 0 Å². The second kappa shape index (κ2) is 17.7. The smallest absolute Gasteiger partial charge is 0.188 e. The Labute approximate surface area is 275 Å². The molecular formula is C39H48N2O4S. The van der Waals surface area contributed by atoms with Crippen LogP contribution in [0.25, 0.3) is 16.8 Å². The van der Waals surface area contributed by atoms with Crippen LogP contribution in [0.2, 0.25) is 0 Å². The molecule has 0 N–H and O–H groups in total. The minimum atomic E-state index is -3.74. The molecule has 244 valence electrons. The molecule has 0 bridgehead atoms. The molecule has 0 aliphatic heterocycles. The predicted octanol–water partition coefficient (Wildman–Crippen LogP) is 8.35. The lowest BCUT2D eigenvalue weighted by Crippen LogP contribution is -2.27. The molecule has 4 rings (SSSR count). The molecule has 0 aliphatic carbocycles. The van der Waals surface area contributed by atoms with E-state index < -0.39 is 15.1 Å². The first kappa shape index (κ1) is 35.0. The fourth-order valence-electron chi connectivity index (χ4n) is 5.47. The number of rotatable bonds is 18. The fraction of sp³-hybridized carbons (Fsp3) is 0.333. The maximum absolute atomic E-state index is 14.2. The second-order valence-corrected chi connectivity index (χ2v) is 13.0. The summed E-state index contributed by atoms with van der Waals surface area (Å²) in [7, 11) is -3.74. The number of likely N-dealkylation sites (N-methyl/N-ethyl adjacent to an activating group) is 2. The summed E-state index contributed by atoms with van der Waals surface area (Å²) in [5.74, 6) is 0. The number of nitrogens with zero attached hydrogens (tertiary/aromatic N) is 2. The van der Waals surface area contributed by atoms with Crippen LogP contribution >= 0.6 is 0 Å². The number of hydrogen-bond acceptors (Lipinski definition) is 6. The molecule has 0 radical (unpaired) electrons. The number of hydrogen-bond donors (Lipinski definition) is 0. The van der Waals surface area contributed by atoms with E-state index in [0.717, 1.165) is 66.1 Å². The fourth-order valence-corrected chi connectivity index (χ4v) is 7.12. The van der Waals surface area contributed by atoms with Crippen molar-refractivity contribution in [2.75, 3.05) is 62.4 Å². The molecule has 4 aromatic carbocycles. The highest BCUT2D eigenvalue weighted by Crippen LogP contribution is 2.33. The SMILES string of the molecule is CCOCCN(CC)c1ccc(C=CC=CC(c2ccc(N(CC)CCOCC)cc2)S(=O)(=O)c2ccc3ccccc3c2)cc1. The summed E-state index contributed by atoms with van der Waals surface area (Å²) >= 11 is 0.